The Balaban J connectivity index is 2.23. The predicted molar refractivity (Wildman–Crippen MR) is 97.3 cm³/mol. The van der Waals surface area contributed by atoms with Crippen molar-refractivity contribution in [3.8, 4) is 17.2 Å². The molecule has 6 heteroatoms. The molecule has 0 atom stereocenters. The van der Waals surface area contributed by atoms with Gasteiger partial charge in [0, 0.05) is 22.0 Å². The molecular weight excluding hydrogens is 340 g/mol. The Morgan fingerprint density at radius 1 is 1.33 bits per heavy atom. The number of carboxylic acid groups (broad SMARTS) is 1. The number of aromatic nitrogens is 1. The van der Waals surface area contributed by atoms with Gasteiger partial charge in [-0.25, -0.2) is 0 Å². The van der Waals surface area contributed by atoms with Gasteiger partial charge in [0.05, 0.1) is 16.3 Å². The summed E-state index contributed by atoms with van der Waals surface area (Å²) in [6.45, 7) is 3.37. The van der Waals surface area contributed by atoms with Crippen molar-refractivity contribution >= 4 is 39.3 Å². The second-order valence-corrected chi connectivity index (χ2v) is 8.26. The van der Waals surface area contributed by atoms with Gasteiger partial charge in [0.25, 0.3) is 0 Å². The van der Waals surface area contributed by atoms with Gasteiger partial charge in [0.1, 0.15) is 4.75 Å². The first-order valence-corrected chi connectivity index (χ1v) is 8.82. The van der Waals surface area contributed by atoms with Crippen LogP contribution in [0.3, 0.4) is 0 Å². The Morgan fingerprint density at radius 2 is 2.12 bits per heavy atom. The van der Waals surface area contributed by atoms with Crippen molar-refractivity contribution in [2.75, 3.05) is 0 Å². The minimum absolute atomic E-state index is 0.572. The highest BCUT2D eigenvalue weighted by Gasteiger charge is 2.30. The molecule has 0 amide bonds. The second kappa shape index (κ2) is 6.27. The van der Waals surface area contributed by atoms with Gasteiger partial charge >= 0.3 is 5.97 Å². The summed E-state index contributed by atoms with van der Waals surface area (Å²) in [4.78, 5) is 12.4. The van der Waals surface area contributed by atoms with Crippen LogP contribution in [-0.4, -0.2) is 20.2 Å². The molecule has 3 rings (SSSR count). The number of aliphatic carboxylic acids is 1. The topological polar surface area (TPSA) is 74.0 Å². The fraction of sp³-hybridized carbons (Fsp3) is 0.167. The van der Waals surface area contributed by atoms with Gasteiger partial charge in [-0.15, -0.1) is 11.8 Å². The maximum absolute atomic E-state index is 11.5. The Hall–Kier alpha value is -2.36. The number of hydrogen-bond acceptors (Lipinski definition) is 5. The van der Waals surface area contributed by atoms with E-state index in [2.05, 4.69) is 10.4 Å². The first kappa shape index (κ1) is 16.5. The van der Waals surface area contributed by atoms with Gasteiger partial charge < -0.3 is 5.11 Å². The van der Waals surface area contributed by atoms with Crippen LogP contribution in [0.1, 0.15) is 19.4 Å². The van der Waals surface area contributed by atoms with E-state index >= 15 is 0 Å². The lowest BCUT2D eigenvalue weighted by molar-refractivity contribution is -0.138. The van der Waals surface area contributed by atoms with Crippen LogP contribution in [0.5, 0.6) is 0 Å². The van der Waals surface area contributed by atoms with Gasteiger partial charge in [-0.1, -0.05) is 18.2 Å². The van der Waals surface area contributed by atoms with Crippen molar-refractivity contribution < 1.29 is 9.90 Å². The summed E-state index contributed by atoms with van der Waals surface area (Å²) >= 11 is 2.68. The van der Waals surface area contributed by atoms with E-state index in [1.807, 2.05) is 30.3 Å². The van der Waals surface area contributed by atoms with Crippen LogP contribution in [0.25, 0.3) is 21.2 Å². The number of nitriles is 1. The zero-order valence-electron chi connectivity index (χ0n) is 13.1. The third-order valence-corrected chi connectivity index (χ3v) is 5.72. The van der Waals surface area contributed by atoms with Crippen LogP contribution in [0.4, 0.5) is 0 Å². The number of thioether (sulfide) groups is 1. The molecule has 0 saturated carbocycles. The summed E-state index contributed by atoms with van der Waals surface area (Å²) < 4.78 is 4.29. The summed E-state index contributed by atoms with van der Waals surface area (Å²) in [6, 6.07) is 13.4. The summed E-state index contributed by atoms with van der Waals surface area (Å²) in [5.41, 5.74) is 2.40. The van der Waals surface area contributed by atoms with Gasteiger partial charge in [0.15, 0.2) is 0 Å². The van der Waals surface area contributed by atoms with Crippen molar-refractivity contribution in [1.29, 1.82) is 5.26 Å². The van der Waals surface area contributed by atoms with Crippen molar-refractivity contribution in [3.63, 3.8) is 0 Å². The summed E-state index contributed by atoms with van der Waals surface area (Å²) in [5.74, 6) is -0.867. The highest BCUT2D eigenvalue weighted by Crippen LogP contribution is 2.43. The number of fused-ring (bicyclic) bond motifs is 1. The van der Waals surface area contributed by atoms with Crippen LogP contribution >= 0.6 is 23.3 Å². The second-order valence-electron chi connectivity index (χ2n) is 5.79. The third-order valence-electron chi connectivity index (χ3n) is 3.65. The molecule has 1 heterocycles. The van der Waals surface area contributed by atoms with Gasteiger partial charge in [-0.2, -0.15) is 9.64 Å². The monoisotopic (exact) mass is 354 g/mol. The minimum Gasteiger partial charge on any atom is -0.480 e. The standard InChI is InChI=1S/C18H14N2O2S2/c1-18(2,17(21)22)23-14-7-6-13-10-20-24-16(13)15(14)12-5-3-4-11(8-12)9-19/h3-8,10H,1-2H3,(H,21,22). The van der Waals surface area contributed by atoms with E-state index in [4.69, 9.17) is 5.26 Å². The molecule has 120 valence electrons. The van der Waals surface area contributed by atoms with E-state index in [-0.39, 0.29) is 0 Å². The van der Waals surface area contributed by atoms with E-state index in [1.165, 1.54) is 23.3 Å². The molecule has 0 unspecified atom stereocenters. The van der Waals surface area contributed by atoms with E-state index in [0.29, 0.717) is 5.56 Å². The van der Waals surface area contributed by atoms with Crippen LogP contribution in [0.15, 0.2) is 47.5 Å². The normalized spacial score (nSPS) is 11.4. The third kappa shape index (κ3) is 3.01. The number of carboxylic acids is 1. The molecule has 0 radical (unpaired) electrons. The van der Waals surface area contributed by atoms with E-state index in [1.54, 1.807) is 26.1 Å². The van der Waals surface area contributed by atoms with Gasteiger partial charge in [-0.05, 0) is 49.1 Å². The molecule has 2 aromatic carbocycles. The predicted octanol–water partition coefficient (Wildman–Crippen LogP) is 4.79. The molecule has 0 saturated heterocycles. The van der Waals surface area contributed by atoms with Crippen LogP contribution in [-0.2, 0) is 4.79 Å². The quantitative estimate of drug-likeness (QED) is 0.682. The molecule has 0 bridgehead atoms. The van der Waals surface area contributed by atoms with Crippen molar-refractivity contribution in [2.45, 2.75) is 23.5 Å². The van der Waals surface area contributed by atoms with E-state index in [0.717, 1.165) is 26.1 Å². The Kier molecular flexibility index (Phi) is 4.31. The van der Waals surface area contributed by atoms with Crippen molar-refractivity contribution in [2.24, 2.45) is 0 Å². The van der Waals surface area contributed by atoms with Gasteiger partial charge in [0.2, 0.25) is 0 Å². The molecule has 0 aliphatic heterocycles. The fourth-order valence-electron chi connectivity index (χ4n) is 2.34. The molecule has 1 aromatic heterocycles. The molecule has 0 aliphatic carbocycles. The molecule has 0 fully saturated rings. The number of nitrogens with zero attached hydrogens (tertiary/aromatic N) is 2. The maximum Gasteiger partial charge on any atom is 0.319 e. The molecule has 24 heavy (non-hydrogen) atoms. The SMILES string of the molecule is CC(C)(Sc1ccc2cnsc2c1-c1cccc(C#N)c1)C(=O)O. The lowest BCUT2D eigenvalue weighted by Gasteiger charge is -2.21. The fourth-order valence-corrected chi connectivity index (χ4v) is 4.31. The van der Waals surface area contributed by atoms with Crippen molar-refractivity contribution in [1.82, 2.24) is 4.37 Å². The first-order valence-electron chi connectivity index (χ1n) is 7.23. The molecule has 0 spiro atoms. The lowest BCUT2D eigenvalue weighted by Crippen LogP contribution is -2.26. The first-order chi connectivity index (χ1) is 11.4. The summed E-state index contributed by atoms with van der Waals surface area (Å²) in [5, 5.41) is 19.6. The average Bonchev–Trinajstić information content (AvgIpc) is 3.02. The Bertz CT molecular complexity index is 971. The Morgan fingerprint density at radius 3 is 2.83 bits per heavy atom. The van der Waals surface area contributed by atoms with Gasteiger partial charge in [-0.3, -0.25) is 4.79 Å². The number of benzene rings is 2. The van der Waals surface area contributed by atoms with Crippen LogP contribution in [0, 0.1) is 11.3 Å². The zero-order valence-corrected chi connectivity index (χ0v) is 14.7. The maximum atomic E-state index is 11.5. The largest absolute Gasteiger partial charge is 0.480 e. The molecule has 1 N–H and O–H groups in total. The minimum atomic E-state index is -0.958. The summed E-state index contributed by atoms with van der Waals surface area (Å²) in [6.07, 6.45) is 1.80. The molecular formula is C18H14N2O2S2. The highest BCUT2D eigenvalue weighted by atomic mass is 32.2. The Labute approximate surface area is 147 Å². The van der Waals surface area contributed by atoms with Crippen LogP contribution in [0.2, 0.25) is 0 Å². The highest BCUT2D eigenvalue weighted by molar-refractivity contribution is 8.01. The van der Waals surface area contributed by atoms with Crippen LogP contribution < -0.4 is 0 Å². The van der Waals surface area contributed by atoms with E-state index < -0.39 is 10.7 Å². The summed E-state index contributed by atoms with van der Waals surface area (Å²) in [7, 11) is 0. The average molecular weight is 354 g/mol. The zero-order chi connectivity index (χ0) is 17.3. The smallest absolute Gasteiger partial charge is 0.319 e. The number of hydrogen-bond donors (Lipinski definition) is 1. The number of carbonyl (C=O) groups is 1. The molecule has 3 aromatic rings. The number of rotatable bonds is 4. The lowest BCUT2D eigenvalue weighted by atomic mass is 10.0. The molecule has 4 nitrogen and oxygen atoms in total. The molecule has 0 aliphatic rings. The van der Waals surface area contributed by atoms with E-state index in [9.17, 15) is 9.90 Å². The van der Waals surface area contributed by atoms with Crippen molar-refractivity contribution in [3.05, 3.63) is 48.2 Å².